The standard InChI is InChI=1S/C25H28Cl2N2O5S/c1-17(29-35(5,30)31)15-33-18(2)16-34-22-8-6-20(7-9-22)25(3,4)21-12-19(14-28)24(23(27)13-21)32-11-10-26/h6-9,12-13,15,29H,2,10-11,16H2,1,3-5H3/b17-15+. The maximum absolute atomic E-state index is 11.2. The van der Waals surface area contributed by atoms with Crippen molar-refractivity contribution in [2.45, 2.75) is 26.2 Å². The van der Waals surface area contributed by atoms with Crippen LogP contribution in [-0.4, -0.2) is 33.8 Å². The van der Waals surface area contributed by atoms with Gasteiger partial charge in [0.15, 0.2) is 5.75 Å². The molecule has 2 aromatic carbocycles. The molecule has 0 aliphatic heterocycles. The molecule has 0 aromatic heterocycles. The summed E-state index contributed by atoms with van der Waals surface area (Å²) in [5, 5.41) is 9.93. The quantitative estimate of drug-likeness (QED) is 0.284. The van der Waals surface area contributed by atoms with E-state index in [4.69, 9.17) is 37.4 Å². The molecule has 0 atom stereocenters. The smallest absolute Gasteiger partial charge is 0.229 e. The molecule has 0 unspecified atom stereocenters. The lowest BCUT2D eigenvalue weighted by Gasteiger charge is -2.27. The van der Waals surface area contributed by atoms with Crippen LogP contribution in [0.15, 0.2) is 60.7 Å². The van der Waals surface area contributed by atoms with Crippen molar-refractivity contribution in [2.75, 3.05) is 25.3 Å². The average Bonchev–Trinajstić information content (AvgIpc) is 2.79. The van der Waals surface area contributed by atoms with Gasteiger partial charge in [0.05, 0.1) is 28.4 Å². The Morgan fingerprint density at radius 3 is 2.43 bits per heavy atom. The second-order valence-electron chi connectivity index (χ2n) is 8.25. The van der Waals surface area contributed by atoms with Crippen molar-refractivity contribution < 1.29 is 22.6 Å². The fourth-order valence-electron chi connectivity index (χ4n) is 3.15. The number of hydrogen-bond donors (Lipinski definition) is 1. The first-order chi connectivity index (χ1) is 16.4. The van der Waals surface area contributed by atoms with Crippen molar-refractivity contribution in [3.05, 3.63) is 82.4 Å². The third-order valence-corrected chi connectivity index (χ3v) is 6.06. The average molecular weight is 539 g/mol. The Hall–Kier alpha value is -2.86. The van der Waals surface area contributed by atoms with Crippen LogP contribution < -0.4 is 14.2 Å². The van der Waals surface area contributed by atoms with Crippen molar-refractivity contribution in [2.24, 2.45) is 0 Å². The van der Waals surface area contributed by atoms with Gasteiger partial charge in [0.2, 0.25) is 10.0 Å². The van der Waals surface area contributed by atoms with Crippen LogP contribution in [0.4, 0.5) is 0 Å². The van der Waals surface area contributed by atoms with E-state index in [0.29, 0.717) is 39.4 Å². The van der Waals surface area contributed by atoms with Gasteiger partial charge in [-0.1, -0.05) is 44.2 Å². The number of halogens is 2. The minimum absolute atomic E-state index is 0.0797. The number of alkyl halides is 1. The molecule has 10 heteroatoms. The summed E-state index contributed by atoms with van der Waals surface area (Å²) in [7, 11) is -3.37. The molecule has 0 radical (unpaired) electrons. The maximum atomic E-state index is 11.2. The van der Waals surface area contributed by atoms with Crippen LogP contribution in [0.1, 0.15) is 37.5 Å². The van der Waals surface area contributed by atoms with Crippen molar-refractivity contribution >= 4 is 33.2 Å². The predicted octanol–water partition coefficient (Wildman–Crippen LogP) is 5.47. The normalized spacial score (nSPS) is 12.0. The molecule has 7 nitrogen and oxygen atoms in total. The van der Waals surface area contributed by atoms with Crippen molar-refractivity contribution in [1.29, 1.82) is 5.26 Å². The first-order valence-electron chi connectivity index (χ1n) is 10.5. The number of ether oxygens (including phenoxy) is 3. The Labute approximate surface area is 217 Å². The molecule has 0 saturated carbocycles. The lowest BCUT2D eigenvalue weighted by molar-refractivity contribution is 0.249. The summed E-state index contributed by atoms with van der Waals surface area (Å²) in [6.07, 6.45) is 2.31. The highest BCUT2D eigenvalue weighted by atomic mass is 35.5. The Morgan fingerprint density at radius 2 is 1.86 bits per heavy atom. The molecule has 2 rings (SSSR count). The summed E-state index contributed by atoms with van der Waals surface area (Å²) in [5.74, 6) is 1.53. The number of nitriles is 1. The molecule has 1 N–H and O–H groups in total. The van der Waals surface area contributed by atoms with E-state index in [9.17, 15) is 13.7 Å². The minimum Gasteiger partial charge on any atom is -0.489 e. The van der Waals surface area contributed by atoms with Gasteiger partial charge < -0.3 is 14.2 Å². The van der Waals surface area contributed by atoms with E-state index < -0.39 is 15.4 Å². The number of nitrogens with zero attached hydrogens (tertiary/aromatic N) is 1. The summed E-state index contributed by atoms with van der Waals surface area (Å²) >= 11 is 12.1. The lowest BCUT2D eigenvalue weighted by Crippen LogP contribution is -2.20. The fourth-order valence-corrected chi connectivity index (χ4v) is 4.13. The lowest BCUT2D eigenvalue weighted by atomic mass is 9.77. The topological polar surface area (TPSA) is 97.7 Å². The Balaban J connectivity index is 2.09. The summed E-state index contributed by atoms with van der Waals surface area (Å²) in [5.41, 5.74) is 2.05. The molecule has 2 aromatic rings. The number of allylic oxidation sites excluding steroid dienone is 1. The second kappa shape index (κ2) is 12.2. The first kappa shape index (κ1) is 28.4. The van der Waals surface area contributed by atoms with Crippen LogP contribution in [-0.2, 0) is 20.2 Å². The molecule has 0 saturated heterocycles. The highest BCUT2D eigenvalue weighted by Gasteiger charge is 2.26. The van der Waals surface area contributed by atoms with Gasteiger partial charge in [-0.15, -0.1) is 11.6 Å². The van der Waals surface area contributed by atoms with Gasteiger partial charge in [0.25, 0.3) is 0 Å². The monoisotopic (exact) mass is 538 g/mol. The van der Waals surface area contributed by atoms with E-state index in [1.807, 2.05) is 38.1 Å². The van der Waals surface area contributed by atoms with Gasteiger partial charge in [-0.3, -0.25) is 4.72 Å². The molecule has 188 valence electrons. The maximum Gasteiger partial charge on any atom is 0.229 e. The van der Waals surface area contributed by atoms with E-state index in [1.165, 1.54) is 6.26 Å². The predicted molar refractivity (Wildman–Crippen MR) is 138 cm³/mol. The summed E-state index contributed by atoms with van der Waals surface area (Å²) in [6, 6.07) is 13.2. The molecular formula is C25H28Cl2N2O5S. The van der Waals surface area contributed by atoms with Crippen LogP contribution in [0, 0.1) is 11.3 Å². The number of hydrogen-bond acceptors (Lipinski definition) is 6. The summed E-state index contributed by atoms with van der Waals surface area (Å²) < 4.78 is 41.2. The van der Waals surface area contributed by atoms with Crippen LogP contribution in [0.25, 0.3) is 0 Å². The van der Waals surface area contributed by atoms with E-state index in [1.54, 1.807) is 19.1 Å². The SMILES string of the molecule is C=C(COc1ccc(C(C)(C)c2cc(Cl)c(OCCCl)c(C#N)c2)cc1)O/C=C(\C)NS(C)(=O)=O. The molecule has 0 heterocycles. The van der Waals surface area contributed by atoms with E-state index in [0.717, 1.165) is 17.4 Å². The van der Waals surface area contributed by atoms with Crippen LogP contribution in [0.2, 0.25) is 5.02 Å². The second-order valence-corrected chi connectivity index (χ2v) is 10.8. The van der Waals surface area contributed by atoms with E-state index in [2.05, 4.69) is 17.4 Å². The fraction of sp³-hybridized carbons (Fsp3) is 0.320. The van der Waals surface area contributed by atoms with Gasteiger partial charge in [-0.05, 0) is 42.3 Å². The van der Waals surface area contributed by atoms with Gasteiger partial charge in [0, 0.05) is 5.41 Å². The zero-order valence-corrected chi connectivity index (χ0v) is 22.4. The number of benzene rings is 2. The first-order valence-corrected chi connectivity index (χ1v) is 13.3. The highest BCUT2D eigenvalue weighted by molar-refractivity contribution is 7.88. The van der Waals surface area contributed by atoms with Crippen LogP contribution in [0.5, 0.6) is 11.5 Å². The number of nitrogens with one attached hydrogen (secondary N) is 1. The molecular weight excluding hydrogens is 511 g/mol. The van der Waals surface area contributed by atoms with Crippen LogP contribution in [0.3, 0.4) is 0 Å². The molecule has 0 bridgehead atoms. The van der Waals surface area contributed by atoms with Gasteiger partial charge >= 0.3 is 0 Å². The third-order valence-electron chi connectivity index (χ3n) is 4.93. The zero-order chi connectivity index (χ0) is 26.2. The van der Waals surface area contributed by atoms with Crippen molar-refractivity contribution in [3.8, 4) is 17.6 Å². The molecule has 0 aliphatic carbocycles. The van der Waals surface area contributed by atoms with Gasteiger partial charge in [-0.25, -0.2) is 8.42 Å². The van der Waals surface area contributed by atoms with Gasteiger partial charge in [-0.2, -0.15) is 5.26 Å². The van der Waals surface area contributed by atoms with Gasteiger partial charge in [0.1, 0.15) is 37.1 Å². The van der Waals surface area contributed by atoms with Crippen molar-refractivity contribution in [1.82, 2.24) is 4.72 Å². The highest BCUT2D eigenvalue weighted by Crippen LogP contribution is 2.38. The number of sulfonamides is 1. The molecule has 0 amide bonds. The zero-order valence-electron chi connectivity index (χ0n) is 20.0. The number of rotatable bonds is 12. The summed E-state index contributed by atoms with van der Waals surface area (Å²) in [6.45, 7) is 9.72. The Kier molecular flexibility index (Phi) is 9.90. The Morgan fingerprint density at radius 1 is 1.20 bits per heavy atom. The molecule has 0 spiro atoms. The largest absolute Gasteiger partial charge is 0.489 e. The minimum atomic E-state index is -3.37. The van der Waals surface area contributed by atoms with Crippen LogP contribution >= 0.6 is 23.2 Å². The molecule has 35 heavy (non-hydrogen) atoms. The Bertz CT molecular complexity index is 1230. The van der Waals surface area contributed by atoms with Crippen molar-refractivity contribution in [3.63, 3.8) is 0 Å². The van der Waals surface area contributed by atoms with E-state index >= 15 is 0 Å². The summed E-state index contributed by atoms with van der Waals surface area (Å²) in [4.78, 5) is 0. The van der Waals surface area contributed by atoms with E-state index in [-0.39, 0.29) is 13.2 Å². The third kappa shape index (κ3) is 8.39. The molecule has 0 aliphatic rings. The molecule has 0 fully saturated rings.